The minimum atomic E-state index is 0.891. The van der Waals surface area contributed by atoms with Crippen LogP contribution in [-0.4, -0.2) is 4.57 Å². The van der Waals surface area contributed by atoms with E-state index < -0.39 is 0 Å². The number of fused-ring (bicyclic) bond motifs is 6. The average Bonchev–Trinajstić information content (AvgIpc) is 4.28. The summed E-state index contributed by atoms with van der Waals surface area (Å²) in [7, 11) is 0. The monoisotopic (exact) mass is 1050 g/mol. The summed E-state index contributed by atoms with van der Waals surface area (Å²) in [6, 6.07) is 116. The molecule has 0 aliphatic carbocycles. The summed E-state index contributed by atoms with van der Waals surface area (Å²) in [6.45, 7) is 0. The molecule has 82 heavy (non-hydrogen) atoms. The Morgan fingerprint density at radius 1 is 0.207 bits per heavy atom. The van der Waals surface area contributed by atoms with Crippen molar-refractivity contribution < 1.29 is 4.42 Å². The molecule has 0 N–H and O–H groups in total. The molecule has 15 rings (SSSR count). The molecule has 0 fully saturated rings. The van der Waals surface area contributed by atoms with Gasteiger partial charge in [0, 0.05) is 61.4 Å². The van der Waals surface area contributed by atoms with Gasteiger partial charge in [-0.25, -0.2) is 0 Å². The molecule has 2 aromatic heterocycles. The molecule has 0 amide bonds. The lowest BCUT2D eigenvalue weighted by Gasteiger charge is -2.26. The lowest BCUT2D eigenvalue weighted by Crippen LogP contribution is -2.09. The third-order valence-electron chi connectivity index (χ3n) is 16.0. The van der Waals surface area contributed by atoms with E-state index >= 15 is 0 Å². The summed E-state index contributed by atoms with van der Waals surface area (Å²) in [5.41, 5.74) is 23.5. The van der Waals surface area contributed by atoms with Crippen LogP contribution in [0, 0.1) is 0 Å². The third kappa shape index (κ3) is 8.95. The standard InChI is InChI=1S/C78H53N3O/c1-4-14-64(15-5-1)79(65-16-6-2-7-17-65)67-42-32-57(33-43-67)54-24-26-55(27-25-54)58-34-44-68(45-35-58)80(70-48-38-61(39-49-70)63-40-50-73-72-21-11-13-23-77(72)82-78(73)53-63)69-46-36-59(37-47-69)56-28-30-60(31-29-56)62-41-51-76-74(52-62)71-20-10-12-22-75(71)81(76)66-18-8-3-9-19-66/h1-53H. The molecule has 386 valence electrons. The fourth-order valence-corrected chi connectivity index (χ4v) is 11.9. The van der Waals surface area contributed by atoms with Crippen molar-refractivity contribution in [1.29, 1.82) is 0 Å². The first-order valence-electron chi connectivity index (χ1n) is 28.0. The first-order valence-corrected chi connectivity index (χ1v) is 28.0. The number of hydrogen-bond acceptors (Lipinski definition) is 3. The molecule has 0 aliphatic heterocycles. The zero-order valence-electron chi connectivity index (χ0n) is 44.8. The number of furan rings is 1. The van der Waals surface area contributed by atoms with Crippen LogP contribution in [0.25, 0.3) is 105 Å². The van der Waals surface area contributed by atoms with Crippen molar-refractivity contribution in [3.8, 4) is 61.3 Å². The summed E-state index contributed by atoms with van der Waals surface area (Å²) in [4.78, 5) is 4.64. The summed E-state index contributed by atoms with van der Waals surface area (Å²) < 4.78 is 8.66. The molecule has 4 nitrogen and oxygen atoms in total. The minimum absolute atomic E-state index is 0.891. The van der Waals surface area contributed by atoms with Crippen molar-refractivity contribution in [2.24, 2.45) is 0 Å². The van der Waals surface area contributed by atoms with Crippen LogP contribution in [0.15, 0.2) is 326 Å². The molecule has 0 atom stereocenters. The van der Waals surface area contributed by atoms with E-state index in [0.717, 1.165) is 89.6 Å². The van der Waals surface area contributed by atoms with Gasteiger partial charge >= 0.3 is 0 Å². The van der Waals surface area contributed by atoms with E-state index in [0.29, 0.717) is 0 Å². The van der Waals surface area contributed by atoms with Gasteiger partial charge in [0.15, 0.2) is 0 Å². The van der Waals surface area contributed by atoms with Crippen LogP contribution < -0.4 is 9.80 Å². The van der Waals surface area contributed by atoms with Gasteiger partial charge in [-0.05, 0) is 177 Å². The van der Waals surface area contributed by atoms with Crippen LogP contribution in [0.1, 0.15) is 0 Å². The molecular weight excluding hydrogens is 995 g/mol. The Kier molecular flexibility index (Phi) is 12.2. The Hall–Kier alpha value is -10.9. The normalized spacial score (nSPS) is 11.4. The number of para-hydroxylation sites is 5. The van der Waals surface area contributed by atoms with Crippen molar-refractivity contribution in [3.63, 3.8) is 0 Å². The summed E-state index contributed by atoms with van der Waals surface area (Å²) >= 11 is 0. The van der Waals surface area contributed by atoms with Gasteiger partial charge in [0.05, 0.1) is 11.0 Å². The molecule has 0 aliphatic rings. The van der Waals surface area contributed by atoms with Crippen LogP contribution in [0.5, 0.6) is 0 Å². The largest absolute Gasteiger partial charge is 0.456 e. The van der Waals surface area contributed by atoms with E-state index in [9.17, 15) is 0 Å². The van der Waals surface area contributed by atoms with Gasteiger partial charge in [0.25, 0.3) is 0 Å². The molecule has 0 unspecified atom stereocenters. The number of hydrogen-bond donors (Lipinski definition) is 0. The van der Waals surface area contributed by atoms with Gasteiger partial charge in [-0.15, -0.1) is 0 Å². The fraction of sp³-hybridized carbons (Fsp3) is 0. The molecule has 0 bridgehead atoms. The number of aromatic nitrogens is 1. The molecule has 4 heteroatoms. The quantitative estimate of drug-likeness (QED) is 0.122. The van der Waals surface area contributed by atoms with Gasteiger partial charge in [0.2, 0.25) is 0 Å². The molecular formula is C78H53N3O. The van der Waals surface area contributed by atoms with Crippen molar-refractivity contribution in [1.82, 2.24) is 4.57 Å². The molecule has 0 saturated heterocycles. The highest BCUT2D eigenvalue weighted by molar-refractivity contribution is 6.10. The van der Waals surface area contributed by atoms with Gasteiger partial charge in [-0.1, -0.05) is 200 Å². The van der Waals surface area contributed by atoms with E-state index in [4.69, 9.17) is 4.42 Å². The smallest absolute Gasteiger partial charge is 0.136 e. The highest BCUT2D eigenvalue weighted by Gasteiger charge is 2.18. The predicted octanol–water partition coefficient (Wildman–Crippen LogP) is 22.0. The number of anilines is 6. The number of benzene rings is 13. The summed E-state index contributed by atoms with van der Waals surface area (Å²) in [5, 5.41) is 4.76. The fourth-order valence-electron chi connectivity index (χ4n) is 11.9. The summed E-state index contributed by atoms with van der Waals surface area (Å²) in [6.07, 6.45) is 0. The van der Waals surface area contributed by atoms with E-state index in [2.05, 4.69) is 324 Å². The lowest BCUT2D eigenvalue weighted by molar-refractivity contribution is 0.669. The maximum Gasteiger partial charge on any atom is 0.136 e. The van der Waals surface area contributed by atoms with Crippen molar-refractivity contribution in [2.75, 3.05) is 9.80 Å². The zero-order valence-corrected chi connectivity index (χ0v) is 44.8. The van der Waals surface area contributed by atoms with Crippen molar-refractivity contribution in [2.45, 2.75) is 0 Å². The van der Waals surface area contributed by atoms with E-state index in [1.165, 1.54) is 49.6 Å². The van der Waals surface area contributed by atoms with Crippen molar-refractivity contribution in [3.05, 3.63) is 322 Å². The first-order chi connectivity index (χ1) is 40.6. The van der Waals surface area contributed by atoms with E-state index in [1.807, 2.05) is 12.1 Å². The second-order valence-corrected chi connectivity index (χ2v) is 20.9. The van der Waals surface area contributed by atoms with E-state index in [1.54, 1.807) is 0 Å². The second kappa shape index (κ2) is 20.7. The highest BCUT2D eigenvalue weighted by atomic mass is 16.3. The SMILES string of the molecule is c1ccc(N(c2ccccc2)c2ccc(-c3ccc(-c4ccc(N(c5ccc(-c6ccc(-c7ccc8c(c7)c7ccccc7n8-c7ccccc7)cc6)cc5)c5ccc(-c6ccc7c(c6)oc6ccccc67)cc5)cc4)cc3)cc2)cc1. The Morgan fingerprint density at radius 2 is 0.524 bits per heavy atom. The van der Waals surface area contributed by atoms with Crippen LogP contribution in [0.2, 0.25) is 0 Å². The molecule has 0 radical (unpaired) electrons. The lowest BCUT2D eigenvalue weighted by atomic mass is 9.98. The maximum atomic E-state index is 6.29. The molecule has 2 heterocycles. The molecule has 13 aromatic carbocycles. The molecule has 0 saturated carbocycles. The average molecular weight is 1050 g/mol. The van der Waals surface area contributed by atoms with Gasteiger partial charge in [-0.2, -0.15) is 0 Å². The van der Waals surface area contributed by atoms with E-state index in [-0.39, 0.29) is 0 Å². The van der Waals surface area contributed by atoms with Gasteiger partial charge in [-0.3, -0.25) is 0 Å². The zero-order chi connectivity index (χ0) is 54.3. The Bertz CT molecular complexity index is 4680. The topological polar surface area (TPSA) is 24.6 Å². The Morgan fingerprint density at radius 3 is 1.00 bits per heavy atom. The molecule has 0 spiro atoms. The summed E-state index contributed by atoms with van der Waals surface area (Å²) in [5.74, 6) is 0. The Balaban J connectivity index is 0.715. The van der Waals surface area contributed by atoms with Crippen LogP contribution in [0.3, 0.4) is 0 Å². The number of rotatable bonds is 12. The van der Waals surface area contributed by atoms with Crippen LogP contribution >= 0.6 is 0 Å². The maximum absolute atomic E-state index is 6.29. The van der Waals surface area contributed by atoms with Gasteiger partial charge in [0.1, 0.15) is 11.2 Å². The second-order valence-electron chi connectivity index (χ2n) is 20.9. The van der Waals surface area contributed by atoms with Crippen LogP contribution in [0.4, 0.5) is 34.1 Å². The van der Waals surface area contributed by atoms with Crippen LogP contribution in [-0.2, 0) is 0 Å². The predicted molar refractivity (Wildman–Crippen MR) is 345 cm³/mol. The minimum Gasteiger partial charge on any atom is -0.456 e. The third-order valence-corrected chi connectivity index (χ3v) is 16.0. The Labute approximate surface area is 476 Å². The highest BCUT2D eigenvalue weighted by Crippen LogP contribution is 2.41. The molecule has 15 aromatic rings. The van der Waals surface area contributed by atoms with Gasteiger partial charge < -0.3 is 18.8 Å². The van der Waals surface area contributed by atoms with Crippen molar-refractivity contribution >= 4 is 77.9 Å². The number of nitrogens with zero attached hydrogens (tertiary/aromatic N) is 3. The first kappa shape index (κ1) is 48.2.